The molecule has 0 heterocycles. The Morgan fingerprint density at radius 2 is 2.13 bits per heavy atom. The van der Waals surface area contributed by atoms with Crippen LogP contribution in [0.25, 0.3) is 0 Å². The molecule has 0 bridgehead atoms. The van der Waals surface area contributed by atoms with Crippen LogP contribution in [-0.2, 0) is 9.59 Å². The summed E-state index contributed by atoms with van der Waals surface area (Å²) in [6.07, 6.45) is 2.36. The Kier molecular flexibility index (Phi) is 7.10. The van der Waals surface area contributed by atoms with Gasteiger partial charge in [-0.1, -0.05) is 0 Å². The zero-order valence-corrected chi connectivity index (χ0v) is 9.29. The van der Waals surface area contributed by atoms with E-state index in [-0.39, 0.29) is 0 Å². The number of nitrogens with one attached hydrogen (secondary N) is 1. The van der Waals surface area contributed by atoms with E-state index in [4.69, 9.17) is 15.9 Å². The normalized spacial score (nSPS) is 14.3. The van der Waals surface area contributed by atoms with Crippen LogP contribution in [0.4, 0.5) is 0 Å². The molecule has 7 heteroatoms. The number of carbonyl (C=O) groups excluding carboxylic acids is 1. The van der Waals surface area contributed by atoms with Crippen molar-refractivity contribution in [2.75, 3.05) is 18.6 Å². The molecule has 6 nitrogen and oxygen atoms in total. The van der Waals surface area contributed by atoms with E-state index in [1.165, 1.54) is 0 Å². The van der Waals surface area contributed by atoms with E-state index in [0.717, 1.165) is 5.75 Å². The molecule has 0 aliphatic heterocycles. The zero-order chi connectivity index (χ0) is 11.8. The number of carbonyl (C=O) groups is 2. The summed E-state index contributed by atoms with van der Waals surface area (Å²) in [5.74, 6) is -1.10. The van der Waals surface area contributed by atoms with E-state index in [1.807, 2.05) is 6.26 Å². The van der Waals surface area contributed by atoms with E-state index >= 15 is 0 Å². The van der Waals surface area contributed by atoms with Crippen LogP contribution in [0.5, 0.6) is 0 Å². The van der Waals surface area contributed by atoms with Crippen LogP contribution in [0, 0.1) is 0 Å². The van der Waals surface area contributed by atoms with Crippen LogP contribution in [-0.4, -0.2) is 52.8 Å². The Morgan fingerprint density at radius 3 is 2.53 bits per heavy atom. The SMILES string of the molecule is CSCC[C@H](N)C(=O)NC(CO)C(=O)O. The molecule has 0 spiro atoms. The summed E-state index contributed by atoms with van der Waals surface area (Å²) >= 11 is 1.55. The highest BCUT2D eigenvalue weighted by atomic mass is 32.2. The molecule has 0 saturated carbocycles. The number of nitrogens with two attached hydrogens (primary N) is 1. The third-order valence-electron chi connectivity index (χ3n) is 1.77. The van der Waals surface area contributed by atoms with Crippen LogP contribution < -0.4 is 11.1 Å². The van der Waals surface area contributed by atoms with Gasteiger partial charge < -0.3 is 21.3 Å². The van der Waals surface area contributed by atoms with Gasteiger partial charge in [0, 0.05) is 0 Å². The lowest BCUT2D eigenvalue weighted by Gasteiger charge is -2.15. The molecule has 0 aliphatic carbocycles. The van der Waals surface area contributed by atoms with Crippen molar-refractivity contribution in [1.29, 1.82) is 0 Å². The van der Waals surface area contributed by atoms with E-state index in [1.54, 1.807) is 11.8 Å². The molecule has 0 aromatic rings. The van der Waals surface area contributed by atoms with Gasteiger partial charge in [-0.3, -0.25) is 4.79 Å². The average molecular weight is 236 g/mol. The van der Waals surface area contributed by atoms with Crippen molar-refractivity contribution in [3.8, 4) is 0 Å². The highest BCUT2D eigenvalue weighted by molar-refractivity contribution is 7.98. The smallest absolute Gasteiger partial charge is 0.328 e. The van der Waals surface area contributed by atoms with Crippen molar-refractivity contribution in [2.24, 2.45) is 5.73 Å². The van der Waals surface area contributed by atoms with Crippen molar-refractivity contribution >= 4 is 23.6 Å². The number of thioether (sulfide) groups is 1. The topological polar surface area (TPSA) is 113 Å². The first kappa shape index (κ1) is 14.2. The molecule has 0 aromatic carbocycles. The fraction of sp³-hybridized carbons (Fsp3) is 0.750. The fourth-order valence-corrected chi connectivity index (χ4v) is 1.33. The molecule has 0 rings (SSSR count). The van der Waals surface area contributed by atoms with Gasteiger partial charge in [-0.2, -0.15) is 11.8 Å². The number of carboxylic acids is 1. The summed E-state index contributed by atoms with van der Waals surface area (Å²) in [6.45, 7) is -0.643. The largest absolute Gasteiger partial charge is 0.480 e. The van der Waals surface area contributed by atoms with Crippen molar-refractivity contribution < 1.29 is 19.8 Å². The van der Waals surface area contributed by atoms with Gasteiger partial charge in [0.2, 0.25) is 5.91 Å². The molecule has 0 aliphatic rings. The number of rotatable bonds is 7. The molecule has 0 radical (unpaired) electrons. The van der Waals surface area contributed by atoms with E-state index in [9.17, 15) is 9.59 Å². The van der Waals surface area contributed by atoms with E-state index in [0.29, 0.717) is 6.42 Å². The molecule has 88 valence electrons. The summed E-state index contributed by atoms with van der Waals surface area (Å²) < 4.78 is 0. The van der Waals surface area contributed by atoms with Crippen molar-refractivity contribution in [2.45, 2.75) is 18.5 Å². The van der Waals surface area contributed by atoms with Gasteiger partial charge in [0.15, 0.2) is 0 Å². The minimum absolute atomic E-state index is 0.477. The standard InChI is InChI=1S/C8H16N2O4S/c1-15-3-2-5(9)7(12)10-6(4-11)8(13)14/h5-6,11H,2-4,9H2,1H3,(H,10,12)(H,13,14)/t5-,6?/m0/s1. The van der Waals surface area contributed by atoms with Crippen LogP contribution in [0.15, 0.2) is 0 Å². The van der Waals surface area contributed by atoms with Crippen LogP contribution >= 0.6 is 11.8 Å². The monoisotopic (exact) mass is 236 g/mol. The zero-order valence-electron chi connectivity index (χ0n) is 8.47. The van der Waals surface area contributed by atoms with E-state index < -0.39 is 30.6 Å². The van der Waals surface area contributed by atoms with Crippen molar-refractivity contribution in [3.05, 3.63) is 0 Å². The summed E-state index contributed by atoms with van der Waals surface area (Å²) in [4.78, 5) is 21.8. The molecule has 15 heavy (non-hydrogen) atoms. The van der Waals surface area contributed by atoms with Gasteiger partial charge in [-0.25, -0.2) is 4.79 Å². The van der Waals surface area contributed by atoms with Gasteiger partial charge in [0.05, 0.1) is 12.6 Å². The van der Waals surface area contributed by atoms with E-state index in [2.05, 4.69) is 5.32 Å². The summed E-state index contributed by atoms with van der Waals surface area (Å²) in [5.41, 5.74) is 5.51. The van der Waals surface area contributed by atoms with Gasteiger partial charge in [0.25, 0.3) is 0 Å². The molecule has 1 amide bonds. The maximum absolute atomic E-state index is 11.3. The summed E-state index contributed by atoms with van der Waals surface area (Å²) in [6, 6.07) is -2.01. The molecule has 0 aromatic heterocycles. The highest BCUT2D eigenvalue weighted by Gasteiger charge is 2.21. The Bertz CT molecular complexity index is 225. The number of hydrogen-bond acceptors (Lipinski definition) is 5. The number of aliphatic hydroxyl groups is 1. The molecule has 1 unspecified atom stereocenters. The summed E-state index contributed by atoms with van der Waals surface area (Å²) in [5, 5.41) is 19.4. The minimum atomic E-state index is -1.28. The number of carboxylic acid groups (broad SMARTS) is 1. The Hall–Kier alpha value is -0.790. The lowest BCUT2D eigenvalue weighted by atomic mass is 10.2. The maximum Gasteiger partial charge on any atom is 0.328 e. The van der Waals surface area contributed by atoms with Crippen molar-refractivity contribution in [1.82, 2.24) is 5.32 Å². The third kappa shape index (κ3) is 5.60. The van der Waals surface area contributed by atoms with Gasteiger partial charge in [-0.05, 0) is 18.4 Å². The molecular formula is C8H16N2O4S. The second-order valence-corrected chi connectivity index (χ2v) is 3.96. The predicted octanol–water partition coefficient (Wildman–Crippen LogP) is -1.37. The first-order valence-electron chi connectivity index (χ1n) is 4.41. The third-order valence-corrected chi connectivity index (χ3v) is 2.41. The molecule has 5 N–H and O–H groups in total. The minimum Gasteiger partial charge on any atom is -0.480 e. The number of aliphatic hydroxyl groups excluding tert-OH is 1. The van der Waals surface area contributed by atoms with Crippen LogP contribution in [0.3, 0.4) is 0 Å². The quantitative estimate of drug-likeness (QED) is 0.434. The first-order chi connectivity index (χ1) is 7.02. The van der Waals surface area contributed by atoms with Gasteiger partial charge in [-0.15, -0.1) is 0 Å². The Morgan fingerprint density at radius 1 is 1.53 bits per heavy atom. The lowest BCUT2D eigenvalue weighted by Crippen LogP contribution is -2.50. The number of hydrogen-bond donors (Lipinski definition) is 4. The molecule has 0 saturated heterocycles. The Balaban J connectivity index is 4.04. The average Bonchev–Trinajstić information content (AvgIpc) is 2.21. The maximum atomic E-state index is 11.3. The number of aliphatic carboxylic acids is 1. The van der Waals surface area contributed by atoms with Crippen LogP contribution in [0.1, 0.15) is 6.42 Å². The number of amides is 1. The Labute approximate surface area is 92.2 Å². The fourth-order valence-electron chi connectivity index (χ4n) is 0.840. The molecular weight excluding hydrogens is 220 g/mol. The van der Waals surface area contributed by atoms with Crippen molar-refractivity contribution in [3.63, 3.8) is 0 Å². The summed E-state index contributed by atoms with van der Waals surface area (Å²) in [7, 11) is 0. The second kappa shape index (κ2) is 7.49. The molecule has 2 atom stereocenters. The van der Waals surface area contributed by atoms with Crippen LogP contribution in [0.2, 0.25) is 0 Å². The van der Waals surface area contributed by atoms with Gasteiger partial charge >= 0.3 is 5.97 Å². The van der Waals surface area contributed by atoms with Gasteiger partial charge in [0.1, 0.15) is 6.04 Å². The second-order valence-electron chi connectivity index (χ2n) is 2.97. The first-order valence-corrected chi connectivity index (χ1v) is 5.80. The molecule has 0 fully saturated rings. The lowest BCUT2D eigenvalue weighted by molar-refractivity contribution is -0.143. The predicted molar refractivity (Wildman–Crippen MR) is 57.6 cm³/mol. The highest BCUT2D eigenvalue weighted by Crippen LogP contribution is 1.99.